The van der Waals surface area contributed by atoms with Gasteiger partial charge in [-0.3, -0.25) is 9.36 Å². The van der Waals surface area contributed by atoms with Crippen molar-refractivity contribution in [1.82, 2.24) is 9.55 Å². The Balaban J connectivity index is 3.62. The molecule has 1 heterocycles. The summed E-state index contributed by atoms with van der Waals surface area (Å²) in [6.45, 7) is 8.16. The smallest absolute Gasteiger partial charge is 0.258 e. The third-order valence-electron chi connectivity index (χ3n) is 2.67. The molecule has 16 heavy (non-hydrogen) atoms. The summed E-state index contributed by atoms with van der Waals surface area (Å²) >= 11 is 0. The van der Waals surface area contributed by atoms with Crippen LogP contribution in [0.25, 0.3) is 0 Å². The van der Waals surface area contributed by atoms with Crippen LogP contribution in [0, 0.1) is 0 Å². The first-order chi connectivity index (χ1) is 7.32. The first-order valence-corrected chi connectivity index (χ1v) is 5.61. The molecule has 1 N–H and O–H groups in total. The van der Waals surface area contributed by atoms with E-state index in [1.165, 1.54) is 0 Å². The van der Waals surface area contributed by atoms with Gasteiger partial charge in [-0.15, -0.1) is 0 Å². The molecule has 90 valence electrons. The van der Waals surface area contributed by atoms with E-state index < -0.39 is 0 Å². The molecule has 0 unspecified atom stereocenters. The van der Waals surface area contributed by atoms with Crippen LogP contribution in [0.15, 0.2) is 4.79 Å². The summed E-state index contributed by atoms with van der Waals surface area (Å²) in [5.41, 5.74) is 1.58. The molecule has 0 radical (unpaired) electrons. The summed E-state index contributed by atoms with van der Waals surface area (Å²) in [6, 6.07) is 0. The average Bonchev–Trinajstić information content (AvgIpc) is 2.19. The van der Waals surface area contributed by atoms with Crippen LogP contribution in [0.1, 0.15) is 39.0 Å². The Hall–Kier alpha value is -1.32. The van der Waals surface area contributed by atoms with E-state index >= 15 is 0 Å². The van der Waals surface area contributed by atoms with Crippen LogP contribution in [0.2, 0.25) is 0 Å². The first kappa shape index (κ1) is 12.7. The van der Waals surface area contributed by atoms with E-state index in [0.29, 0.717) is 5.95 Å². The highest BCUT2D eigenvalue weighted by Crippen LogP contribution is 2.22. The van der Waals surface area contributed by atoms with Gasteiger partial charge in [-0.2, -0.15) is 0 Å². The van der Waals surface area contributed by atoms with Crippen molar-refractivity contribution in [3.8, 4) is 0 Å². The highest BCUT2D eigenvalue weighted by Gasteiger charge is 2.24. The fourth-order valence-electron chi connectivity index (χ4n) is 1.88. The minimum atomic E-state index is -0.167. The second-order valence-corrected chi connectivity index (χ2v) is 4.97. The number of anilines is 1. The summed E-state index contributed by atoms with van der Waals surface area (Å²) in [7, 11) is 3.52. The number of aryl methyl sites for hydroxylation is 1. The van der Waals surface area contributed by atoms with Gasteiger partial charge in [-0.1, -0.05) is 27.7 Å². The molecule has 0 aliphatic carbocycles. The molecule has 0 aliphatic heterocycles. The van der Waals surface area contributed by atoms with Crippen LogP contribution in [0.4, 0.5) is 5.95 Å². The van der Waals surface area contributed by atoms with Gasteiger partial charge in [-0.05, 0) is 11.8 Å². The molecule has 0 fully saturated rings. The SMILES string of the molecule is CCc1nc(NC)n(C)c(=O)c1C(C)(C)C. The normalized spacial score (nSPS) is 11.6. The number of hydrogen-bond acceptors (Lipinski definition) is 3. The van der Waals surface area contributed by atoms with Gasteiger partial charge in [0.05, 0.1) is 5.69 Å². The molecule has 0 aliphatic rings. The molecule has 1 rings (SSSR count). The van der Waals surface area contributed by atoms with E-state index in [4.69, 9.17) is 0 Å². The van der Waals surface area contributed by atoms with Crippen LogP contribution in [-0.2, 0) is 18.9 Å². The third-order valence-corrected chi connectivity index (χ3v) is 2.67. The summed E-state index contributed by atoms with van der Waals surface area (Å²) < 4.78 is 1.57. The Bertz CT molecular complexity index is 441. The zero-order chi connectivity index (χ0) is 12.5. The fraction of sp³-hybridized carbons (Fsp3) is 0.667. The van der Waals surface area contributed by atoms with Crippen LogP contribution >= 0.6 is 0 Å². The third kappa shape index (κ3) is 2.10. The molecule has 0 amide bonds. The fourth-order valence-corrected chi connectivity index (χ4v) is 1.88. The Morgan fingerprint density at radius 3 is 2.31 bits per heavy atom. The predicted octanol–water partition coefficient (Wildman–Crippen LogP) is 1.68. The molecule has 4 heteroatoms. The van der Waals surface area contributed by atoms with E-state index in [-0.39, 0.29) is 11.0 Å². The van der Waals surface area contributed by atoms with E-state index in [1.54, 1.807) is 18.7 Å². The van der Waals surface area contributed by atoms with Crippen molar-refractivity contribution in [1.29, 1.82) is 0 Å². The van der Waals surface area contributed by atoms with Crippen molar-refractivity contribution in [2.75, 3.05) is 12.4 Å². The van der Waals surface area contributed by atoms with E-state index in [9.17, 15) is 4.79 Å². The molecule has 4 nitrogen and oxygen atoms in total. The van der Waals surface area contributed by atoms with Crippen molar-refractivity contribution in [3.05, 3.63) is 21.6 Å². The maximum atomic E-state index is 12.3. The van der Waals surface area contributed by atoms with E-state index in [2.05, 4.69) is 10.3 Å². The molecular weight excluding hydrogens is 202 g/mol. The largest absolute Gasteiger partial charge is 0.359 e. The number of rotatable bonds is 2. The lowest BCUT2D eigenvalue weighted by molar-refractivity contribution is 0.558. The Kier molecular flexibility index (Phi) is 3.41. The predicted molar refractivity (Wildman–Crippen MR) is 67.1 cm³/mol. The number of hydrogen-bond donors (Lipinski definition) is 1. The molecule has 0 atom stereocenters. The quantitative estimate of drug-likeness (QED) is 0.829. The summed E-state index contributed by atoms with van der Waals surface area (Å²) in [4.78, 5) is 16.7. The lowest BCUT2D eigenvalue weighted by Crippen LogP contribution is -2.33. The average molecular weight is 223 g/mol. The maximum Gasteiger partial charge on any atom is 0.258 e. The van der Waals surface area contributed by atoms with Crippen molar-refractivity contribution >= 4 is 5.95 Å². The van der Waals surface area contributed by atoms with Crippen LogP contribution in [0.3, 0.4) is 0 Å². The number of nitrogens with one attached hydrogen (secondary N) is 1. The molecule has 0 saturated heterocycles. The van der Waals surface area contributed by atoms with E-state index in [0.717, 1.165) is 17.7 Å². The standard InChI is InChI=1S/C12H21N3O/c1-7-8-9(12(2,3)4)10(16)15(6)11(13-5)14-8/h7H2,1-6H3,(H,13,14). The topological polar surface area (TPSA) is 46.9 Å². The van der Waals surface area contributed by atoms with Crippen LogP contribution < -0.4 is 10.9 Å². The summed E-state index contributed by atoms with van der Waals surface area (Å²) in [5.74, 6) is 0.620. The Morgan fingerprint density at radius 2 is 1.94 bits per heavy atom. The monoisotopic (exact) mass is 223 g/mol. The van der Waals surface area contributed by atoms with E-state index in [1.807, 2.05) is 27.7 Å². The second-order valence-electron chi connectivity index (χ2n) is 4.97. The Morgan fingerprint density at radius 1 is 1.38 bits per heavy atom. The van der Waals surface area contributed by atoms with Crippen LogP contribution in [-0.4, -0.2) is 16.6 Å². The molecule has 0 saturated carbocycles. The van der Waals surface area contributed by atoms with Gasteiger partial charge < -0.3 is 5.32 Å². The molecule has 0 aromatic carbocycles. The number of nitrogens with zero attached hydrogens (tertiary/aromatic N) is 2. The Labute approximate surface area is 96.7 Å². The van der Waals surface area contributed by atoms with Gasteiger partial charge in [0.1, 0.15) is 0 Å². The van der Waals surface area contributed by atoms with Crippen molar-refractivity contribution < 1.29 is 0 Å². The zero-order valence-corrected chi connectivity index (χ0v) is 11.0. The van der Waals surface area contributed by atoms with Gasteiger partial charge >= 0.3 is 0 Å². The zero-order valence-electron chi connectivity index (χ0n) is 11.0. The minimum Gasteiger partial charge on any atom is -0.359 e. The van der Waals surface area contributed by atoms with Gasteiger partial charge in [0.15, 0.2) is 0 Å². The van der Waals surface area contributed by atoms with Gasteiger partial charge in [0.25, 0.3) is 5.56 Å². The molecule has 0 bridgehead atoms. The highest BCUT2D eigenvalue weighted by molar-refractivity contribution is 5.34. The van der Waals surface area contributed by atoms with Crippen molar-refractivity contribution in [2.24, 2.45) is 7.05 Å². The molecular formula is C12H21N3O. The maximum absolute atomic E-state index is 12.3. The summed E-state index contributed by atoms with van der Waals surface area (Å²) in [5, 5.41) is 2.94. The first-order valence-electron chi connectivity index (χ1n) is 5.61. The summed E-state index contributed by atoms with van der Waals surface area (Å²) in [6.07, 6.45) is 0.775. The van der Waals surface area contributed by atoms with Crippen molar-refractivity contribution in [3.63, 3.8) is 0 Å². The van der Waals surface area contributed by atoms with Gasteiger partial charge in [-0.25, -0.2) is 4.98 Å². The van der Waals surface area contributed by atoms with Gasteiger partial charge in [0, 0.05) is 19.7 Å². The highest BCUT2D eigenvalue weighted by atomic mass is 16.1. The minimum absolute atomic E-state index is 0.0451. The lowest BCUT2D eigenvalue weighted by atomic mass is 9.86. The molecule has 1 aromatic heterocycles. The van der Waals surface area contributed by atoms with Crippen LogP contribution in [0.5, 0.6) is 0 Å². The van der Waals surface area contributed by atoms with Gasteiger partial charge in [0.2, 0.25) is 5.95 Å². The molecule has 0 spiro atoms. The molecule has 1 aromatic rings. The lowest BCUT2D eigenvalue weighted by Gasteiger charge is -2.22. The van der Waals surface area contributed by atoms with Crippen molar-refractivity contribution in [2.45, 2.75) is 39.5 Å². The second kappa shape index (κ2) is 4.28. The number of aromatic nitrogens is 2.